The molecule has 7 nitrogen and oxygen atoms in total. The fraction of sp³-hybridized carbons (Fsp3) is 0.346. The summed E-state index contributed by atoms with van der Waals surface area (Å²) in [5, 5.41) is 6.73. The van der Waals surface area contributed by atoms with Gasteiger partial charge in [0.1, 0.15) is 11.6 Å². The fourth-order valence-electron chi connectivity index (χ4n) is 4.25. The fourth-order valence-corrected chi connectivity index (χ4v) is 5.20. The molecule has 34 heavy (non-hydrogen) atoms. The Balaban J connectivity index is 1.52. The maximum absolute atomic E-state index is 12.1. The van der Waals surface area contributed by atoms with Crippen LogP contribution in [0.2, 0.25) is 0 Å². The summed E-state index contributed by atoms with van der Waals surface area (Å²) < 4.78 is 29.9. The van der Waals surface area contributed by atoms with Crippen molar-refractivity contribution in [2.75, 3.05) is 42.0 Å². The third-order valence-electron chi connectivity index (χ3n) is 6.11. The highest BCUT2D eigenvalue weighted by molar-refractivity contribution is 7.90. The molecule has 0 unspecified atom stereocenters. The minimum atomic E-state index is -3.30. The van der Waals surface area contributed by atoms with Crippen LogP contribution in [0.4, 0.5) is 22.9 Å². The Bertz CT molecular complexity index is 1250. The number of nitrogens with one attached hydrogen (secondary N) is 2. The summed E-state index contributed by atoms with van der Waals surface area (Å²) in [5.74, 6) is 1.44. The molecule has 1 aliphatic heterocycles. The van der Waals surface area contributed by atoms with Crippen molar-refractivity contribution in [3.63, 3.8) is 0 Å². The molecule has 8 heteroatoms. The van der Waals surface area contributed by atoms with Gasteiger partial charge >= 0.3 is 0 Å². The summed E-state index contributed by atoms with van der Waals surface area (Å²) in [7, 11) is -1.62. The molecule has 0 saturated carbocycles. The first-order chi connectivity index (χ1) is 16.3. The molecule has 2 aromatic carbocycles. The average molecular weight is 481 g/mol. The molecule has 0 aliphatic carbocycles. The van der Waals surface area contributed by atoms with E-state index < -0.39 is 9.84 Å². The predicted octanol–water partition coefficient (Wildman–Crippen LogP) is 5.15. The van der Waals surface area contributed by atoms with E-state index in [4.69, 9.17) is 4.74 Å². The molecular weight excluding hydrogens is 448 g/mol. The molecule has 0 atom stereocenters. The summed E-state index contributed by atoms with van der Waals surface area (Å²) >= 11 is 0. The lowest BCUT2D eigenvalue weighted by Gasteiger charge is -2.29. The number of benzene rings is 2. The third kappa shape index (κ3) is 5.62. The number of hydrogen-bond donors (Lipinski definition) is 2. The van der Waals surface area contributed by atoms with Crippen molar-refractivity contribution in [1.29, 1.82) is 0 Å². The SMILES string of the molecule is COc1cc(N2CCCCC2)ccc1Nc1cc(NCc2ccccc2S(C)(=O)=O)c(C)cn1. The molecular formula is C26H32N4O3S. The predicted molar refractivity (Wildman–Crippen MR) is 138 cm³/mol. The topological polar surface area (TPSA) is 83.6 Å². The number of piperidine rings is 1. The van der Waals surface area contributed by atoms with Crippen molar-refractivity contribution in [3.05, 3.63) is 65.9 Å². The summed E-state index contributed by atoms with van der Waals surface area (Å²) in [6, 6.07) is 15.2. The Morgan fingerprint density at radius 2 is 1.79 bits per heavy atom. The Hall–Kier alpha value is -3.26. The number of anilines is 4. The molecule has 0 radical (unpaired) electrons. The molecule has 1 fully saturated rings. The van der Waals surface area contributed by atoms with Gasteiger partial charge in [-0.2, -0.15) is 0 Å². The van der Waals surface area contributed by atoms with Crippen molar-refractivity contribution >= 4 is 32.7 Å². The molecule has 3 aromatic rings. The Morgan fingerprint density at radius 3 is 2.53 bits per heavy atom. The van der Waals surface area contributed by atoms with Crippen LogP contribution in [0.25, 0.3) is 0 Å². The molecule has 1 aliphatic rings. The number of methoxy groups -OCH3 is 1. The van der Waals surface area contributed by atoms with Gasteiger partial charge < -0.3 is 20.3 Å². The Kier molecular flexibility index (Phi) is 7.26. The third-order valence-corrected chi connectivity index (χ3v) is 7.31. The number of nitrogens with zero attached hydrogens (tertiary/aromatic N) is 2. The smallest absolute Gasteiger partial charge is 0.175 e. The van der Waals surface area contributed by atoms with E-state index in [1.165, 1.54) is 31.2 Å². The zero-order valence-electron chi connectivity index (χ0n) is 20.0. The number of rotatable bonds is 8. The van der Waals surface area contributed by atoms with E-state index in [-0.39, 0.29) is 0 Å². The normalized spacial score (nSPS) is 14.0. The zero-order valence-corrected chi connectivity index (χ0v) is 20.8. The van der Waals surface area contributed by atoms with E-state index in [1.54, 1.807) is 25.4 Å². The second kappa shape index (κ2) is 10.3. The van der Waals surface area contributed by atoms with E-state index in [1.807, 2.05) is 31.2 Å². The number of aryl methyl sites for hydroxylation is 1. The van der Waals surface area contributed by atoms with E-state index >= 15 is 0 Å². The Morgan fingerprint density at radius 1 is 1.03 bits per heavy atom. The molecule has 4 rings (SSSR count). The quantitative estimate of drug-likeness (QED) is 0.461. The number of aromatic nitrogens is 1. The van der Waals surface area contributed by atoms with Gasteiger partial charge in [-0.1, -0.05) is 18.2 Å². The van der Waals surface area contributed by atoms with Crippen molar-refractivity contribution in [1.82, 2.24) is 4.98 Å². The van der Waals surface area contributed by atoms with E-state index in [0.29, 0.717) is 17.3 Å². The molecule has 0 amide bonds. The Labute approximate surface area is 202 Å². The molecule has 180 valence electrons. The van der Waals surface area contributed by atoms with Crippen LogP contribution in [0.15, 0.2) is 59.6 Å². The second-order valence-electron chi connectivity index (χ2n) is 8.68. The first kappa shape index (κ1) is 23.9. The van der Waals surface area contributed by atoms with Crippen molar-refractivity contribution in [3.8, 4) is 5.75 Å². The number of hydrogen-bond acceptors (Lipinski definition) is 7. The van der Waals surface area contributed by atoms with Gasteiger partial charge in [-0.15, -0.1) is 0 Å². The first-order valence-corrected chi connectivity index (χ1v) is 13.4. The molecule has 1 saturated heterocycles. The van der Waals surface area contributed by atoms with Gasteiger partial charge in [0.05, 0.1) is 17.7 Å². The number of pyridine rings is 1. The van der Waals surface area contributed by atoms with Crippen LogP contribution in [0.3, 0.4) is 0 Å². The summed E-state index contributed by atoms with van der Waals surface area (Å²) in [4.78, 5) is 7.26. The van der Waals surface area contributed by atoms with Gasteiger partial charge in [-0.25, -0.2) is 13.4 Å². The van der Waals surface area contributed by atoms with Crippen molar-refractivity contribution < 1.29 is 13.2 Å². The zero-order chi connectivity index (χ0) is 24.1. The highest BCUT2D eigenvalue weighted by Crippen LogP contribution is 2.33. The van der Waals surface area contributed by atoms with Crippen molar-refractivity contribution in [2.24, 2.45) is 0 Å². The lowest BCUT2D eigenvalue weighted by atomic mass is 10.1. The number of ether oxygens (including phenoxy) is 1. The van der Waals surface area contributed by atoms with Gasteiger partial charge in [-0.05, 0) is 55.5 Å². The minimum absolute atomic E-state index is 0.339. The van der Waals surface area contributed by atoms with Gasteiger partial charge in [0.15, 0.2) is 9.84 Å². The molecule has 2 N–H and O–H groups in total. The molecule has 2 heterocycles. The van der Waals surface area contributed by atoms with Crippen molar-refractivity contribution in [2.45, 2.75) is 37.6 Å². The van der Waals surface area contributed by atoms with E-state index in [2.05, 4.69) is 32.7 Å². The summed E-state index contributed by atoms with van der Waals surface area (Å²) in [6.07, 6.45) is 6.76. The lowest BCUT2D eigenvalue weighted by molar-refractivity contribution is 0.416. The average Bonchev–Trinajstić information content (AvgIpc) is 2.84. The van der Waals surface area contributed by atoms with Crippen LogP contribution >= 0.6 is 0 Å². The second-order valence-corrected chi connectivity index (χ2v) is 10.7. The number of sulfone groups is 1. The van der Waals surface area contributed by atoms with E-state index in [0.717, 1.165) is 41.3 Å². The molecule has 0 bridgehead atoms. The molecule has 0 spiro atoms. The maximum atomic E-state index is 12.1. The van der Waals surface area contributed by atoms with Crippen LogP contribution < -0.4 is 20.3 Å². The standard InChI is InChI=1S/C26H32N4O3S/c1-19-17-28-26(16-23(19)27-18-20-9-5-6-10-25(20)34(3,31)32)29-22-12-11-21(15-24(22)33-2)30-13-7-4-8-14-30/h5-6,9-12,15-17H,4,7-8,13-14,18H2,1-3H3,(H2,27,28,29). The van der Waals surface area contributed by atoms with Crippen LogP contribution in [-0.4, -0.2) is 39.9 Å². The molecule has 1 aromatic heterocycles. The first-order valence-electron chi connectivity index (χ1n) is 11.5. The van der Waals surface area contributed by atoms with Crippen LogP contribution in [-0.2, 0) is 16.4 Å². The van der Waals surface area contributed by atoms with Gasteiger partial charge in [-0.3, -0.25) is 0 Å². The van der Waals surface area contributed by atoms with Crippen LogP contribution in [0.1, 0.15) is 30.4 Å². The van der Waals surface area contributed by atoms with Gasteiger partial charge in [0.2, 0.25) is 0 Å². The maximum Gasteiger partial charge on any atom is 0.175 e. The van der Waals surface area contributed by atoms with Crippen LogP contribution in [0.5, 0.6) is 5.75 Å². The van der Waals surface area contributed by atoms with E-state index in [9.17, 15) is 8.42 Å². The highest BCUT2D eigenvalue weighted by atomic mass is 32.2. The summed E-state index contributed by atoms with van der Waals surface area (Å²) in [6.45, 7) is 4.51. The summed E-state index contributed by atoms with van der Waals surface area (Å²) in [5.41, 5.74) is 4.59. The van der Waals surface area contributed by atoms with Gasteiger partial charge in [0, 0.05) is 55.6 Å². The highest BCUT2D eigenvalue weighted by Gasteiger charge is 2.15. The lowest BCUT2D eigenvalue weighted by Crippen LogP contribution is -2.29. The van der Waals surface area contributed by atoms with Crippen LogP contribution in [0, 0.1) is 6.92 Å². The van der Waals surface area contributed by atoms with Gasteiger partial charge in [0.25, 0.3) is 0 Å². The largest absolute Gasteiger partial charge is 0.494 e. The minimum Gasteiger partial charge on any atom is -0.494 e. The monoisotopic (exact) mass is 480 g/mol.